The summed E-state index contributed by atoms with van der Waals surface area (Å²) in [5, 5.41) is 0. The van der Waals surface area contributed by atoms with Crippen molar-refractivity contribution in [3.05, 3.63) is 53.6 Å². The van der Waals surface area contributed by atoms with Crippen molar-refractivity contribution in [2.75, 3.05) is 27.4 Å². The van der Waals surface area contributed by atoms with Crippen molar-refractivity contribution < 1.29 is 23.8 Å². The van der Waals surface area contributed by atoms with Crippen molar-refractivity contribution in [1.82, 2.24) is 14.9 Å². The smallest absolute Gasteiger partial charge is 0.332 e. The lowest BCUT2D eigenvalue weighted by atomic mass is 9.83. The van der Waals surface area contributed by atoms with Crippen LogP contribution in [0.1, 0.15) is 89.0 Å². The number of nitrogens with zero attached hydrogens (tertiary/aromatic N) is 3. The van der Waals surface area contributed by atoms with Crippen LogP contribution in [0.25, 0.3) is 0 Å². The summed E-state index contributed by atoms with van der Waals surface area (Å²) in [7, 11) is 3.24. The SMILES string of the molecule is COCC1CC(CC(C)C)(C(=O)OCC(C)C)N(C(=O)c2ccc(C(C)(C)C)c(OC)c2)C1c1cnccn1. The number of carbonyl (C=O) groups excluding carboxylic acids is 2. The van der Waals surface area contributed by atoms with Crippen molar-refractivity contribution in [2.24, 2.45) is 17.8 Å². The molecule has 1 amide bonds. The van der Waals surface area contributed by atoms with Gasteiger partial charge in [-0.05, 0) is 47.8 Å². The Morgan fingerprint density at radius 3 is 2.36 bits per heavy atom. The lowest BCUT2D eigenvalue weighted by Crippen LogP contribution is -2.55. The summed E-state index contributed by atoms with van der Waals surface area (Å²) >= 11 is 0. The van der Waals surface area contributed by atoms with Crippen LogP contribution in [0.5, 0.6) is 5.75 Å². The molecule has 8 heteroatoms. The monoisotopic (exact) mass is 539 g/mol. The number of likely N-dealkylation sites (tertiary alicyclic amines) is 1. The second-order valence-electron chi connectivity index (χ2n) is 12.5. The predicted molar refractivity (Wildman–Crippen MR) is 151 cm³/mol. The van der Waals surface area contributed by atoms with Gasteiger partial charge in [0.25, 0.3) is 5.91 Å². The summed E-state index contributed by atoms with van der Waals surface area (Å²) in [6, 6.07) is 5.01. The largest absolute Gasteiger partial charge is 0.496 e. The van der Waals surface area contributed by atoms with E-state index in [1.807, 2.05) is 26.0 Å². The molecule has 0 aliphatic carbocycles. The zero-order chi connectivity index (χ0) is 29.0. The molecule has 0 saturated carbocycles. The van der Waals surface area contributed by atoms with Crippen molar-refractivity contribution >= 4 is 11.9 Å². The Bertz CT molecular complexity index is 1130. The van der Waals surface area contributed by atoms with E-state index in [1.165, 1.54) is 0 Å². The first-order chi connectivity index (χ1) is 18.4. The molecule has 0 bridgehead atoms. The number of benzene rings is 1. The molecule has 3 rings (SSSR count). The van der Waals surface area contributed by atoms with Crippen LogP contribution >= 0.6 is 0 Å². The quantitative estimate of drug-likeness (QED) is 0.362. The molecule has 2 aromatic rings. The lowest BCUT2D eigenvalue weighted by molar-refractivity contribution is -0.158. The van der Waals surface area contributed by atoms with Gasteiger partial charge in [0.1, 0.15) is 11.3 Å². The van der Waals surface area contributed by atoms with E-state index in [-0.39, 0.29) is 41.7 Å². The van der Waals surface area contributed by atoms with E-state index < -0.39 is 11.6 Å². The number of ether oxygens (including phenoxy) is 3. The number of hydrogen-bond acceptors (Lipinski definition) is 7. The molecule has 0 radical (unpaired) electrons. The highest BCUT2D eigenvalue weighted by molar-refractivity contribution is 5.99. The second-order valence-corrected chi connectivity index (χ2v) is 12.5. The van der Waals surface area contributed by atoms with Crippen LogP contribution in [0.15, 0.2) is 36.8 Å². The number of hydrogen-bond donors (Lipinski definition) is 0. The molecule has 0 spiro atoms. The third kappa shape index (κ3) is 6.60. The molecular weight excluding hydrogens is 494 g/mol. The zero-order valence-electron chi connectivity index (χ0n) is 25.0. The molecule has 1 aliphatic heterocycles. The van der Waals surface area contributed by atoms with Gasteiger partial charge in [-0.2, -0.15) is 0 Å². The summed E-state index contributed by atoms with van der Waals surface area (Å²) in [6.07, 6.45) is 5.73. The Morgan fingerprint density at radius 1 is 1.10 bits per heavy atom. The molecular formula is C31H45N3O5. The Balaban J connectivity index is 2.24. The Morgan fingerprint density at radius 2 is 1.82 bits per heavy atom. The number of rotatable bonds is 10. The fourth-order valence-corrected chi connectivity index (χ4v) is 5.72. The molecule has 3 unspecified atom stereocenters. The summed E-state index contributed by atoms with van der Waals surface area (Å²) in [6.45, 7) is 15.1. The number of carbonyl (C=O) groups is 2. The van der Waals surface area contributed by atoms with Gasteiger partial charge in [-0.3, -0.25) is 14.8 Å². The van der Waals surface area contributed by atoms with Gasteiger partial charge in [0.2, 0.25) is 0 Å². The summed E-state index contributed by atoms with van der Waals surface area (Å²) < 4.78 is 17.2. The van der Waals surface area contributed by atoms with Gasteiger partial charge in [-0.25, -0.2) is 4.79 Å². The van der Waals surface area contributed by atoms with Gasteiger partial charge in [0.05, 0.1) is 38.3 Å². The van der Waals surface area contributed by atoms with Crippen LogP contribution in [-0.2, 0) is 19.7 Å². The molecule has 3 atom stereocenters. The lowest BCUT2D eigenvalue weighted by Gasteiger charge is -2.40. The number of amides is 1. The Labute approximate surface area is 233 Å². The molecule has 1 aromatic heterocycles. The first kappa shape index (κ1) is 30.5. The normalized spacial score (nSPS) is 21.5. The predicted octanol–water partition coefficient (Wildman–Crippen LogP) is 5.62. The maximum atomic E-state index is 14.6. The highest BCUT2D eigenvalue weighted by Crippen LogP contribution is 2.50. The van der Waals surface area contributed by atoms with Crippen molar-refractivity contribution in [1.29, 1.82) is 0 Å². The van der Waals surface area contributed by atoms with Crippen LogP contribution in [0, 0.1) is 17.8 Å². The third-order valence-corrected chi connectivity index (χ3v) is 7.20. The van der Waals surface area contributed by atoms with Gasteiger partial charge in [0.15, 0.2) is 0 Å². The van der Waals surface area contributed by atoms with Gasteiger partial charge in [-0.1, -0.05) is 54.5 Å². The van der Waals surface area contributed by atoms with Crippen LogP contribution < -0.4 is 4.74 Å². The third-order valence-electron chi connectivity index (χ3n) is 7.20. The standard InChI is InChI=1S/C31H45N3O5/c1-20(2)15-31(29(36)39-18-21(3)4)16-23(19-37-8)27(25-17-32-12-13-33-25)34(31)28(35)22-10-11-24(30(5,6)7)26(14-22)38-9/h10-14,17,20-21,23,27H,15-16,18-19H2,1-9H3. The summed E-state index contributed by atoms with van der Waals surface area (Å²) in [5.41, 5.74) is 0.691. The first-order valence-electron chi connectivity index (χ1n) is 13.8. The molecule has 1 fully saturated rings. The van der Waals surface area contributed by atoms with Crippen molar-refractivity contribution in [3.8, 4) is 5.75 Å². The number of esters is 1. The average molecular weight is 540 g/mol. The van der Waals surface area contributed by atoms with Crippen molar-refractivity contribution in [2.45, 2.75) is 78.3 Å². The highest BCUT2D eigenvalue weighted by atomic mass is 16.5. The van der Waals surface area contributed by atoms with Gasteiger partial charge in [-0.15, -0.1) is 0 Å². The van der Waals surface area contributed by atoms with E-state index in [0.717, 1.165) is 5.56 Å². The molecule has 0 N–H and O–H groups in total. The number of methoxy groups -OCH3 is 2. The van der Waals surface area contributed by atoms with Crippen LogP contribution in [-0.4, -0.2) is 59.7 Å². The van der Waals surface area contributed by atoms with Gasteiger partial charge < -0.3 is 19.1 Å². The minimum absolute atomic E-state index is 0.119. The molecule has 39 heavy (non-hydrogen) atoms. The minimum atomic E-state index is -1.19. The van der Waals surface area contributed by atoms with Crippen LogP contribution in [0.3, 0.4) is 0 Å². The average Bonchev–Trinajstić information content (AvgIpc) is 3.20. The first-order valence-corrected chi connectivity index (χ1v) is 13.8. The summed E-state index contributed by atoms with van der Waals surface area (Å²) in [5.74, 6) is 0.0729. The topological polar surface area (TPSA) is 90.9 Å². The van der Waals surface area contributed by atoms with Gasteiger partial charge in [0, 0.05) is 31.0 Å². The maximum Gasteiger partial charge on any atom is 0.332 e. The fraction of sp³-hybridized carbons (Fsp3) is 0.613. The van der Waals surface area contributed by atoms with E-state index in [0.29, 0.717) is 36.5 Å². The molecule has 2 heterocycles. The highest BCUT2D eigenvalue weighted by Gasteiger charge is 2.60. The molecule has 8 nitrogen and oxygen atoms in total. The van der Waals surface area contributed by atoms with E-state index in [9.17, 15) is 9.59 Å². The zero-order valence-corrected chi connectivity index (χ0v) is 25.0. The van der Waals surface area contributed by atoms with E-state index in [1.54, 1.807) is 43.8 Å². The molecule has 214 valence electrons. The molecule has 1 aromatic carbocycles. The second kappa shape index (κ2) is 12.5. The fourth-order valence-electron chi connectivity index (χ4n) is 5.72. The van der Waals surface area contributed by atoms with Gasteiger partial charge >= 0.3 is 5.97 Å². The Kier molecular flexibility index (Phi) is 9.75. The minimum Gasteiger partial charge on any atom is -0.496 e. The van der Waals surface area contributed by atoms with E-state index >= 15 is 0 Å². The van der Waals surface area contributed by atoms with Crippen LogP contribution in [0.2, 0.25) is 0 Å². The maximum absolute atomic E-state index is 14.6. The van der Waals surface area contributed by atoms with E-state index in [4.69, 9.17) is 14.2 Å². The summed E-state index contributed by atoms with van der Waals surface area (Å²) in [4.78, 5) is 39.3. The van der Waals surface area contributed by atoms with Crippen LogP contribution in [0.4, 0.5) is 0 Å². The Hall–Kier alpha value is -3.00. The van der Waals surface area contributed by atoms with E-state index in [2.05, 4.69) is 44.6 Å². The molecule has 1 saturated heterocycles. The van der Waals surface area contributed by atoms with Crippen molar-refractivity contribution in [3.63, 3.8) is 0 Å². The number of aromatic nitrogens is 2. The molecule has 1 aliphatic rings.